The Morgan fingerprint density at radius 1 is 0.875 bits per heavy atom. The summed E-state index contributed by atoms with van der Waals surface area (Å²) in [7, 11) is -4.01. The Hall–Kier alpha value is -6.15. The number of nitrogens with two attached hydrogens (primary N) is 1. The lowest BCUT2D eigenvalue weighted by Crippen LogP contribution is -2.46. The van der Waals surface area contributed by atoms with E-state index in [1.165, 1.54) is 60.9 Å². The van der Waals surface area contributed by atoms with E-state index in [0.29, 0.717) is 22.0 Å². The number of pyridine rings is 2. The second kappa shape index (κ2) is 12.9. The molecule has 0 aliphatic carbocycles. The third-order valence-corrected chi connectivity index (χ3v) is 9.35. The highest BCUT2D eigenvalue weighted by atomic mass is 32.2. The lowest BCUT2D eigenvalue weighted by molar-refractivity contribution is -0.119. The number of para-hydroxylation sites is 1. The molecule has 0 fully saturated rings. The first kappa shape index (κ1) is 31.8. The van der Waals surface area contributed by atoms with Crippen molar-refractivity contribution in [2.24, 2.45) is 5.73 Å². The molecule has 0 unspecified atom stereocenters. The predicted octanol–water partition coefficient (Wildman–Crippen LogP) is 3.42. The molecule has 3 aromatic heterocycles. The molecule has 242 valence electrons. The number of halogens is 1. The van der Waals surface area contributed by atoms with E-state index < -0.39 is 51.0 Å². The number of nitrogens with zero attached hydrogens (tertiary/aromatic N) is 3. The van der Waals surface area contributed by atoms with E-state index in [-0.39, 0.29) is 34.5 Å². The van der Waals surface area contributed by atoms with Gasteiger partial charge in [0.2, 0.25) is 5.91 Å². The smallest absolute Gasteiger partial charge is 0.274 e. The highest BCUT2D eigenvalue weighted by Gasteiger charge is 2.28. The average Bonchev–Trinajstić information content (AvgIpc) is 3.47. The molecule has 3 amide bonds. The SMILES string of the molecule is NC(=O)[C@H](Cc1cn(S(=O)(=O)c2ccccc2)c2ccccc12)NC(=O)c1nc(C(=O)NCc2ccc(F)cc2)c(O)c2ncccc12. The number of nitrogens with one attached hydrogen (secondary N) is 2. The van der Waals surface area contributed by atoms with Gasteiger partial charge in [-0.3, -0.25) is 19.4 Å². The first-order valence-electron chi connectivity index (χ1n) is 14.5. The molecule has 5 N–H and O–H groups in total. The molecule has 0 radical (unpaired) electrons. The van der Waals surface area contributed by atoms with E-state index in [1.807, 2.05) is 0 Å². The highest BCUT2D eigenvalue weighted by molar-refractivity contribution is 7.90. The van der Waals surface area contributed by atoms with E-state index in [0.717, 1.165) is 3.97 Å². The molecule has 6 aromatic rings. The normalized spacial score (nSPS) is 12.1. The van der Waals surface area contributed by atoms with Crippen molar-refractivity contribution in [3.05, 3.63) is 132 Å². The third kappa shape index (κ3) is 6.16. The Labute approximate surface area is 273 Å². The first-order valence-corrected chi connectivity index (χ1v) is 16.0. The summed E-state index contributed by atoms with van der Waals surface area (Å²) in [6.45, 7) is -0.0284. The van der Waals surface area contributed by atoms with Gasteiger partial charge in [0.25, 0.3) is 21.8 Å². The number of carbonyl (C=O) groups excluding carboxylic acids is 3. The number of primary amides is 1. The van der Waals surface area contributed by atoms with Crippen LogP contribution in [-0.2, 0) is 27.8 Å². The minimum absolute atomic E-state index is 0.0284. The van der Waals surface area contributed by atoms with Crippen LogP contribution in [0, 0.1) is 5.82 Å². The Morgan fingerprint density at radius 2 is 1.56 bits per heavy atom. The van der Waals surface area contributed by atoms with Crippen molar-refractivity contribution in [2.75, 3.05) is 0 Å². The van der Waals surface area contributed by atoms with Crippen molar-refractivity contribution in [1.82, 2.24) is 24.6 Å². The summed E-state index contributed by atoms with van der Waals surface area (Å²) < 4.78 is 41.5. The topological polar surface area (TPSA) is 186 Å². The van der Waals surface area contributed by atoms with Crippen LogP contribution >= 0.6 is 0 Å². The van der Waals surface area contributed by atoms with Gasteiger partial charge in [-0.15, -0.1) is 0 Å². The number of aromatic hydroxyl groups is 1. The minimum Gasteiger partial charge on any atom is -0.504 e. The summed E-state index contributed by atoms with van der Waals surface area (Å²) in [5, 5.41) is 16.6. The lowest BCUT2D eigenvalue weighted by Gasteiger charge is -2.17. The molecule has 0 bridgehead atoms. The number of fused-ring (bicyclic) bond motifs is 2. The van der Waals surface area contributed by atoms with Crippen molar-refractivity contribution in [3.63, 3.8) is 0 Å². The van der Waals surface area contributed by atoms with Crippen molar-refractivity contribution in [2.45, 2.75) is 23.9 Å². The van der Waals surface area contributed by atoms with Crippen LogP contribution in [0.3, 0.4) is 0 Å². The van der Waals surface area contributed by atoms with E-state index in [2.05, 4.69) is 20.6 Å². The van der Waals surface area contributed by atoms with Crippen LogP contribution in [0.25, 0.3) is 21.8 Å². The second-order valence-electron chi connectivity index (χ2n) is 10.8. The predicted molar refractivity (Wildman–Crippen MR) is 174 cm³/mol. The maximum absolute atomic E-state index is 13.7. The molecule has 0 aliphatic heterocycles. The number of hydrogen-bond donors (Lipinski definition) is 4. The zero-order chi connectivity index (χ0) is 34.0. The summed E-state index contributed by atoms with van der Waals surface area (Å²) in [4.78, 5) is 47.9. The zero-order valence-corrected chi connectivity index (χ0v) is 25.8. The van der Waals surface area contributed by atoms with E-state index in [1.54, 1.807) is 42.5 Å². The van der Waals surface area contributed by atoms with Gasteiger partial charge >= 0.3 is 0 Å². The summed E-state index contributed by atoms with van der Waals surface area (Å²) >= 11 is 0. The molecule has 0 spiro atoms. The summed E-state index contributed by atoms with van der Waals surface area (Å²) in [6, 6.07) is 21.6. The van der Waals surface area contributed by atoms with Gasteiger partial charge in [0.15, 0.2) is 11.4 Å². The zero-order valence-electron chi connectivity index (χ0n) is 25.0. The largest absolute Gasteiger partial charge is 0.504 e. The van der Waals surface area contributed by atoms with Gasteiger partial charge in [0, 0.05) is 36.1 Å². The standard InChI is InChI=1S/C34H27FN6O6S/c35-22-14-12-20(13-15-22)18-38-33(44)30-31(42)28-25(10-6-16-37-28)29(40-30)34(45)39-26(32(36)43)17-21-19-41(27-11-5-4-9-24(21)27)48(46,47)23-7-2-1-3-8-23/h1-16,19,26,42H,17-18H2,(H2,36,43)(H,38,44)(H,39,45)/t26-/m0/s1. The monoisotopic (exact) mass is 666 g/mol. The Bertz CT molecular complexity index is 2310. The number of hydrogen-bond acceptors (Lipinski definition) is 8. The molecule has 1 atom stereocenters. The third-order valence-electron chi connectivity index (χ3n) is 7.66. The summed E-state index contributed by atoms with van der Waals surface area (Å²) in [6.07, 6.45) is 2.56. The van der Waals surface area contributed by atoms with Crippen LogP contribution in [-0.4, -0.2) is 51.2 Å². The molecule has 0 saturated heterocycles. The molecule has 3 heterocycles. The van der Waals surface area contributed by atoms with Crippen molar-refractivity contribution in [1.29, 1.82) is 0 Å². The quantitative estimate of drug-likeness (QED) is 0.171. The van der Waals surface area contributed by atoms with Gasteiger partial charge in [-0.2, -0.15) is 0 Å². The van der Waals surface area contributed by atoms with Crippen LogP contribution in [0.1, 0.15) is 32.1 Å². The molecule has 0 saturated carbocycles. The molecule has 0 aliphatic rings. The molecular weight excluding hydrogens is 639 g/mol. The van der Waals surface area contributed by atoms with Gasteiger partial charge in [0.05, 0.1) is 10.4 Å². The van der Waals surface area contributed by atoms with Gasteiger partial charge in [-0.25, -0.2) is 21.8 Å². The van der Waals surface area contributed by atoms with E-state index >= 15 is 0 Å². The van der Waals surface area contributed by atoms with Gasteiger partial charge in [-0.05, 0) is 53.6 Å². The fraction of sp³-hybridized carbons (Fsp3) is 0.0882. The molecule has 6 rings (SSSR count). The van der Waals surface area contributed by atoms with Gasteiger partial charge in [-0.1, -0.05) is 48.5 Å². The minimum atomic E-state index is -4.01. The number of carbonyl (C=O) groups is 3. The van der Waals surface area contributed by atoms with Crippen molar-refractivity contribution < 1.29 is 32.3 Å². The summed E-state index contributed by atoms with van der Waals surface area (Å²) in [5.74, 6) is -3.66. The first-order chi connectivity index (χ1) is 23.0. The molecular formula is C34H27FN6O6S. The Kier molecular flexibility index (Phi) is 8.57. The number of aromatic nitrogens is 3. The van der Waals surface area contributed by atoms with Crippen molar-refractivity contribution in [3.8, 4) is 5.75 Å². The molecule has 48 heavy (non-hydrogen) atoms. The van der Waals surface area contributed by atoms with Crippen molar-refractivity contribution >= 4 is 49.6 Å². The van der Waals surface area contributed by atoms with Crippen LogP contribution in [0.4, 0.5) is 4.39 Å². The van der Waals surface area contributed by atoms with Crippen LogP contribution in [0.5, 0.6) is 5.75 Å². The number of rotatable bonds is 10. The fourth-order valence-corrected chi connectivity index (χ4v) is 6.69. The van der Waals surface area contributed by atoms with E-state index in [4.69, 9.17) is 5.73 Å². The van der Waals surface area contributed by atoms with Gasteiger partial charge in [0.1, 0.15) is 23.1 Å². The molecule has 12 nitrogen and oxygen atoms in total. The Morgan fingerprint density at radius 3 is 2.29 bits per heavy atom. The fourth-order valence-electron chi connectivity index (χ4n) is 5.28. The van der Waals surface area contributed by atoms with Crippen LogP contribution in [0.2, 0.25) is 0 Å². The maximum atomic E-state index is 13.7. The van der Waals surface area contributed by atoms with Crippen LogP contribution < -0.4 is 16.4 Å². The number of amides is 3. The second-order valence-corrected chi connectivity index (χ2v) is 12.6. The van der Waals surface area contributed by atoms with E-state index in [9.17, 15) is 32.3 Å². The lowest BCUT2D eigenvalue weighted by atomic mass is 10.0. The van der Waals surface area contributed by atoms with Crippen LogP contribution in [0.15, 0.2) is 108 Å². The molecule has 3 aromatic carbocycles. The van der Waals surface area contributed by atoms with Gasteiger partial charge < -0.3 is 21.5 Å². The highest BCUT2D eigenvalue weighted by Crippen LogP contribution is 2.29. The Balaban J connectivity index is 1.32. The average molecular weight is 667 g/mol. The molecule has 14 heteroatoms. The maximum Gasteiger partial charge on any atom is 0.274 e. The summed E-state index contributed by atoms with van der Waals surface area (Å²) in [5.41, 5.74) is 6.16. The number of benzene rings is 3.